The summed E-state index contributed by atoms with van der Waals surface area (Å²) < 4.78 is 12.9. The van der Waals surface area contributed by atoms with E-state index in [1.165, 1.54) is 36.8 Å². The molecule has 2 aromatic rings. The van der Waals surface area contributed by atoms with Gasteiger partial charge in [0.2, 0.25) is 0 Å². The molecule has 3 nitrogen and oxygen atoms in total. The summed E-state index contributed by atoms with van der Waals surface area (Å²) in [5.74, 6) is 1.56. The summed E-state index contributed by atoms with van der Waals surface area (Å²) in [5.41, 5.74) is 3.60. The van der Waals surface area contributed by atoms with Crippen LogP contribution in [0.4, 0.5) is 0 Å². The maximum atomic E-state index is 6.08. The monoisotopic (exact) mass is 433 g/mol. The van der Waals surface area contributed by atoms with E-state index in [0.29, 0.717) is 13.2 Å². The molecule has 0 unspecified atom stereocenters. The Morgan fingerprint density at radius 3 is 2.41 bits per heavy atom. The number of benzene rings is 2. The molecule has 0 spiro atoms. The average Bonchev–Trinajstić information content (AvgIpc) is 2.65. The van der Waals surface area contributed by atoms with Gasteiger partial charge >= 0.3 is 0 Å². The van der Waals surface area contributed by atoms with E-state index in [2.05, 4.69) is 71.5 Å². The summed E-state index contributed by atoms with van der Waals surface area (Å²) >= 11 is 3.66. The van der Waals surface area contributed by atoms with Gasteiger partial charge in [-0.2, -0.15) is 0 Å². The number of rotatable bonds is 12. The molecule has 2 rings (SSSR count). The van der Waals surface area contributed by atoms with E-state index >= 15 is 0 Å². The SMILES string of the molecule is CCCCCCNCc1cc(Br)c(OCc2ccc(C)cc2)c(OCC)c1. The van der Waals surface area contributed by atoms with Crippen molar-refractivity contribution in [3.05, 3.63) is 57.6 Å². The van der Waals surface area contributed by atoms with Gasteiger partial charge in [-0.05, 0) is 66.0 Å². The molecule has 0 heterocycles. The fraction of sp³-hybridized carbons (Fsp3) is 0.478. The molecule has 1 N–H and O–H groups in total. The Bertz CT molecular complexity index is 686. The van der Waals surface area contributed by atoms with Crippen LogP contribution in [0.1, 0.15) is 56.2 Å². The quantitative estimate of drug-likeness (QED) is 0.392. The molecule has 0 radical (unpaired) electrons. The minimum Gasteiger partial charge on any atom is -0.490 e. The third kappa shape index (κ3) is 7.55. The van der Waals surface area contributed by atoms with Crippen molar-refractivity contribution < 1.29 is 9.47 Å². The Morgan fingerprint density at radius 1 is 0.926 bits per heavy atom. The third-order valence-electron chi connectivity index (χ3n) is 4.41. The first kappa shape index (κ1) is 21.8. The number of ether oxygens (including phenoxy) is 2. The molecule has 0 atom stereocenters. The average molecular weight is 434 g/mol. The van der Waals surface area contributed by atoms with Crippen molar-refractivity contribution in [1.29, 1.82) is 0 Å². The predicted molar refractivity (Wildman–Crippen MR) is 117 cm³/mol. The number of halogens is 1. The Labute approximate surface area is 172 Å². The molecule has 0 aliphatic rings. The molecule has 27 heavy (non-hydrogen) atoms. The lowest BCUT2D eigenvalue weighted by Gasteiger charge is -2.16. The van der Waals surface area contributed by atoms with Gasteiger partial charge in [-0.1, -0.05) is 56.0 Å². The van der Waals surface area contributed by atoms with Crippen molar-refractivity contribution in [2.75, 3.05) is 13.2 Å². The molecular formula is C23H32BrNO2. The maximum Gasteiger partial charge on any atom is 0.175 e. The summed E-state index contributed by atoms with van der Waals surface area (Å²) in [7, 11) is 0. The highest BCUT2D eigenvalue weighted by atomic mass is 79.9. The van der Waals surface area contributed by atoms with Crippen LogP contribution in [0.15, 0.2) is 40.9 Å². The molecule has 148 valence electrons. The zero-order valence-electron chi connectivity index (χ0n) is 16.8. The highest BCUT2D eigenvalue weighted by molar-refractivity contribution is 9.10. The second-order valence-electron chi connectivity index (χ2n) is 6.85. The molecule has 0 amide bonds. The molecule has 2 aromatic carbocycles. The van der Waals surface area contributed by atoms with Crippen LogP contribution in [-0.4, -0.2) is 13.2 Å². The highest BCUT2D eigenvalue weighted by Gasteiger charge is 2.12. The van der Waals surface area contributed by atoms with Crippen LogP contribution in [0.5, 0.6) is 11.5 Å². The van der Waals surface area contributed by atoms with E-state index < -0.39 is 0 Å². The fourth-order valence-electron chi connectivity index (χ4n) is 2.88. The zero-order chi connectivity index (χ0) is 19.5. The van der Waals surface area contributed by atoms with Crippen molar-refractivity contribution in [3.63, 3.8) is 0 Å². The summed E-state index contributed by atoms with van der Waals surface area (Å²) in [6.45, 7) is 9.34. The number of unbranched alkanes of at least 4 members (excludes halogenated alkanes) is 3. The zero-order valence-corrected chi connectivity index (χ0v) is 18.4. The molecule has 0 aliphatic heterocycles. The molecule has 0 saturated carbocycles. The van der Waals surface area contributed by atoms with Crippen LogP contribution >= 0.6 is 15.9 Å². The summed E-state index contributed by atoms with van der Waals surface area (Å²) in [5, 5.41) is 3.52. The second kappa shape index (κ2) is 12.0. The van der Waals surface area contributed by atoms with Gasteiger partial charge in [0.05, 0.1) is 11.1 Å². The van der Waals surface area contributed by atoms with Crippen LogP contribution in [0.2, 0.25) is 0 Å². The lowest BCUT2D eigenvalue weighted by molar-refractivity contribution is 0.267. The first-order valence-corrected chi connectivity index (χ1v) is 10.8. The van der Waals surface area contributed by atoms with Gasteiger partial charge in [-0.15, -0.1) is 0 Å². The van der Waals surface area contributed by atoms with Gasteiger partial charge < -0.3 is 14.8 Å². The molecule has 0 bridgehead atoms. The van der Waals surface area contributed by atoms with Crippen LogP contribution < -0.4 is 14.8 Å². The first-order valence-electron chi connectivity index (χ1n) is 9.98. The second-order valence-corrected chi connectivity index (χ2v) is 7.70. The Hall–Kier alpha value is -1.52. The van der Waals surface area contributed by atoms with Crippen LogP contribution in [0, 0.1) is 6.92 Å². The van der Waals surface area contributed by atoms with Crippen LogP contribution in [0.3, 0.4) is 0 Å². The lowest BCUT2D eigenvalue weighted by Crippen LogP contribution is -2.15. The molecule has 0 saturated heterocycles. The molecule has 4 heteroatoms. The maximum absolute atomic E-state index is 6.08. The van der Waals surface area contributed by atoms with E-state index in [1.807, 2.05) is 6.92 Å². The molecule has 0 aliphatic carbocycles. The molecule has 0 fully saturated rings. The van der Waals surface area contributed by atoms with Crippen LogP contribution in [-0.2, 0) is 13.2 Å². The van der Waals surface area contributed by atoms with Gasteiger partial charge in [-0.3, -0.25) is 0 Å². The smallest absolute Gasteiger partial charge is 0.175 e. The van der Waals surface area contributed by atoms with Gasteiger partial charge in [0, 0.05) is 6.54 Å². The number of hydrogen-bond donors (Lipinski definition) is 1. The first-order chi connectivity index (χ1) is 13.1. The summed E-state index contributed by atoms with van der Waals surface area (Å²) in [6.07, 6.45) is 5.11. The molecular weight excluding hydrogens is 402 g/mol. The van der Waals surface area contributed by atoms with E-state index in [9.17, 15) is 0 Å². The topological polar surface area (TPSA) is 30.5 Å². The third-order valence-corrected chi connectivity index (χ3v) is 5.00. The Kier molecular flexibility index (Phi) is 9.71. The van der Waals surface area contributed by atoms with E-state index in [4.69, 9.17) is 9.47 Å². The number of hydrogen-bond acceptors (Lipinski definition) is 3. The predicted octanol–water partition coefficient (Wildman–Crippen LogP) is 6.41. The van der Waals surface area contributed by atoms with E-state index in [0.717, 1.165) is 34.6 Å². The lowest BCUT2D eigenvalue weighted by atomic mass is 10.1. The van der Waals surface area contributed by atoms with E-state index in [1.54, 1.807) is 0 Å². The van der Waals surface area contributed by atoms with Crippen molar-refractivity contribution in [1.82, 2.24) is 5.32 Å². The minimum absolute atomic E-state index is 0.522. The summed E-state index contributed by atoms with van der Waals surface area (Å²) in [6, 6.07) is 12.6. The van der Waals surface area contributed by atoms with Crippen molar-refractivity contribution in [2.45, 2.75) is 59.6 Å². The number of aryl methyl sites for hydroxylation is 1. The normalized spacial score (nSPS) is 10.8. The van der Waals surface area contributed by atoms with Gasteiger partial charge in [-0.25, -0.2) is 0 Å². The van der Waals surface area contributed by atoms with Crippen molar-refractivity contribution >= 4 is 15.9 Å². The van der Waals surface area contributed by atoms with Crippen molar-refractivity contribution in [2.24, 2.45) is 0 Å². The van der Waals surface area contributed by atoms with Gasteiger partial charge in [0.25, 0.3) is 0 Å². The number of nitrogens with one attached hydrogen (secondary N) is 1. The highest BCUT2D eigenvalue weighted by Crippen LogP contribution is 2.37. The Morgan fingerprint density at radius 2 is 1.70 bits per heavy atom. The molecule has 0 aromatic heterocycles. The largest absolute Gasteiger partial charge is 0.490 e. The minimum atomic E-state index is 0.522. The van der Waals surface area contributed by atoms with Crippen LogP contribution in [0.25, 0.3) is 0 Å². The summed E-state index contributed by atoms with van der Waals surface area (Å²) in [4.78, 5) is 0. The van der Waals surface area contributed by atoms with E-state index in [-0.39, 0.29) is 0 Å². The standard InChI is InChI=1S/C23H32BrNO2/c1-4-6-7-8-13-25-16-20-14-21(24)23(22(15-20)26-5-2)27-17-19-11-9-18(3)10-12-19/h9-12,14-15,25H,4-8,13,16-17H2,1-3H3. The fourth-order valence-corrected chi connectivity index (χ4v) is 3.48. The van der Waals surface area contributed by atoms with Gasteiger partial charge in [0.1, 0.15) is 6.61 Å². The van der Waals surface area contributed by atoms with Crippen molar-refractivity contribution in [3.8, 4) is 11.5 Å². The van der Waals surface area contributed by atoms with Gasteiger partial charge in [0.15, 0.2) is 11.5 Å². The Balaban J connectivity index is 1.98.